The van der Waals surface area contributed by atoms with E-state index < -0.39 is 15.1 Å². The van der Waals surface area contributed by atoms with Gasteiger partial charge in [-0.05, 0) is 63.1 Å². The van der Waals surface area contributed by atoms with Crippen molar-refractivity contribution in [1.82, 2.24) is 14.9 Å². The molecular formula is C31H43ClN7O3S+3. The third-order valence-electron chi connectivity index (χ3n) is 8.48. The van der Waals surface area contributed by atoms with Crippen molar-refractivity contribution in [3.63, 3.8) is 0 Å². The minimum Gasteiger partial charge on any atom is -0.491 e. The highest BCUT2D eigenvalue weighted by molar-refractivity contribution is 7.92. The van der Waals surface area contributed by atoms with E-state index in [0.717, 1.165) is 50.5 Å². The Bertz CT molecular complexity index is 1630. The summed E-state index contributed by atoms with van der Waals surface area (Å²) in [5.74, 6) is 1.52. The fourth-order valence-corrected chi connectivity index (χ4v) is 7.06. The second-order valence-corrected chi connectivity index (χ2v) is 15.0. The number of piperazine rings is 1. The number of ether oxygens (including phenoxy) is 1. The quantitative estimate of drug-likeness (QED) is 0.260. The number of fused-ring (bicyclic) bond motifs is 1. The van der Waals surface area contributed by atoms with Gasteiger partial charge >= 0.3 is 15.8 Å². The van der Waals surface area contributed by atoms with Crippen molar-refractivity contribution in [3.05, 3.63) is 58.7 Å². The molecule has 230 valence electrons. The Morgan fingerprint density at radius 2 is 1.93 bits per heavy atom. The number of nitrogens with zero attached hydrogens (tertiary/aromatic N) is 4. The summed E-state index contributed by atoms with van der Waals surface area (Å²) in [4.78, 5) is 11.8. The predicted octanol–water partition coefficient (Wildman–Crippen LogP) is 3.16. The molecule has 43 heavy (non-hydrogen) atoms. The lowest BCUT2D eigenvalue weighted by Crippen LogP contribution is -3.10. The van der Waals surface area contributed by atoms with Gasteiger partial charge in [0.05, 0.1) is 24.7 Å². The summed E-state index contributed by atoms with van der Waals surface area (Å²) in [5.41, 5.74) is 4.86. The first-order valence-corrected chi connectivity index (χ1v) is 16.7. The predicted molar refractivity (Wildman–Crippen MR) is 171 cm³/mol. The number of hydrogen-bond acceptors (Lipinski definition) is 7. The van der Waals surface area contributed by atoms with Crippen LogP contribution in [0.15, 0.2) is 52.6 Å². The van der Waals surface area contributed by atoms with Crippen molar-refractivity contribution in [3.8, 4) is 5.75 Å². The average molecular weight is 629 g/mol. The summed E-state index contributed by atoms with van der Waals surface area (Å²) in [6, 6.07) is 11.2. The molecule has 1 atom stereocenters. The number of nitrogens with two attached hydrogens (primary N) is 1. The highest BCUT2D eigenvalue weighted by atomic mass is 35.5. The summed E-state index contributed by atoms with van der Waals surface area (Å²) >= 11 is 6.48. The standard InChI is InChI=1S/C31H40ClN7O3S/c1-20(2)43(40,41)27-10-8-7-9-24(27)34-29-23(32)19-33-30(36-29)35-25-17-21-11-12-28(37-39-15-13-38(5)14-16-39)31(3,4)22(21)18-26(25)42-6/h7-10,17-20H,11-16H2,1-6H3,(H2,33,34,35,36)/p+3/b37-28+. The van der Waals surface area contributed by atoms with E-state index in [9.17, 15) is 8.42 Å². The van der Waals surface area contributed by atoms with Crippen molar-refractivity contribution < 1.29 is 23.5 Å². The third kappa shape index (κ3) is 6.56. The highest BCUT2D eigenvalue weighted by Crippen LogP contribution is 2.39. The van der Waals surface area contributed by atoms with Crippen molar-refractivity contribution in [2.24, 2.45) is 5.10 Å². The minimum absolute atomic E-state index is 0.210. The van der Waals surface area contributed by atoms with Gasteiger partial charge in [0.15, 0.2) is 17.3 Å². The van der Waals surface area contributed by atoms with Crippen molar-refractivity contribution in [2.75, 3.05) is 45.7 Å². The van der Waals surface area contributed by atoms with Gasteiger partial charge in [0.25, 0.3) is 0 Å². The molecule has 1 fully saturated rings. The maximum Gasteiger partial charge on any atom is 0.332 e. The molecule has 5 rings (SSSR count). The second-order valence-electron chi connectivity index (χ2n) is 12.1. The number of aryl methyl sites for hydroxylation is 1. The van der Waals surface area contributed by atoms with Crippen LogP contribution in [0.2, 0.25) is 5.02 Å². The summed E-state index contributed by atoms with van der Waals surface area (Å²) in [6.07, 6.45) is 3.35. The van der Waals surface area contributed by atoms with E-state index in [4.69, 9.17) is 21.4 Å². The lowest BCUT2D eigenvalue weighted by Gasteiger charge is -2.35. The Kier molecular flexibility index (Phi) is 9.10. The maximum absolute atomic E-state index is 13.1. The molecule has 0 bridgehead atoms. The van der Waals surface area contributed by atoms with Gasteiger partial charge in [-0.1, -0.05) is 42.7 Å². The number of aromatic nitrogens is 2. The zero-order valence-electron chi connectivity index (χ0n) is 25.8. The van der Waals surface area contributed by atoms with Gasteiger partial charge < -0.3 is 10.1 Å². The van der Waals surface area contributed by atoms with Crippen molar-refractivity contribution >= 4 is 50.3 Å². The largest absolute Gasteiger partial charge is 0.491 e. The Labute approximate surface area is 259 Å². The van der Waals surface area contributed by atoms with E-state index >= 15 is 0 Å². The van der Waals surface area contributed by atoms with Crippen LogP contribution >= 0.6 is 11.6 Å². The molecule has 1 aliphatic carbocycles. The molecule has 0 saturated carbocycles. The Morgan fingerprint density at radius 3 is 2.63 bits per heavy atom. The number of methoxy groups -OCH3 is 1. The molecule has 12 heteroatoms. The van der Waals surface area contributed by atoms with Crippen LogP contribution in [-0.4, -0.2) is 74.6 Å². The van der Waals surface area contributed by atoms with E-state index in [2.05, 4.69) is 53.2 Å². The van der Waals surface area contributed by atoms with Crippen LogP contribution in [0.4, 0.5) is 23.1 Å². The maximum atomic E-state index is 13.1. The fraction of sp³-hybridized carbons (Fsp3) is 0.452. The number of benzene rings is 2. The molecule has 0 amide bonds. The molecule has 2 heterocycles. The first kappa shape index (κ1) is 31.3. The summed E-state index contributed by atoms with van der Waals surface area (Å²) in [7, 11) is 0.563. The second kappa shape index (κ2) is 12.5. The van der Waals surface area contributed by atoms with Gasteiger partial charge in [0.2, 0.25) is 0 Å². The monoisotopic (exact) mass is 628 g/mol. The number of likely N-dealkylation sites (N-methyl/N-ethyl adjacent to an activating group) is 1. The van der Waals surface area contributed by atoms with Gasteiger partial charge in [0.1, 0.15) is 28.3 Å². The Balaban J connectivity index is 1.42. The molecule has 2 aromatic carbocycles. The molecule has 10 nitrogen and oxygen atoms in total. The lowest BCUT2D eigenvalue weighted by molar-refractivity contribution is -0.911. The van der Waals surface area contributed by atoms with E-state index in [1.807, 2.05) is 5.32 Å². The zero-order valence-corrected chi connectivity index (χ0v) is 27.3. The van der Waals surface area contributed by atoms with Gasteiger partial charge in [-0.3, -0.25) is 4.90 Å². The highest BCUT2D eigenvalue weighted by Gasteiger charge is 2.37. The molecule has 1 aliphatic heterocycles. The van der Waals surface area contributed by atoms with E-state index in [1.165, 1.54) is 28.0 Å². The van der Waals surface area contributed by atoms with Crippen LogP contribution in [0.1, 0.15) is 45.2 Å². The number of rotatable bonds is 8. The number of nitrogens with one attached hydrogen (secondary N) is 2. The number of anilines is 2. The van der Waals surface area contributed by atoms with Crippen molar-refractivity contribution in [1.29, 1.82) is 0 Å². The summed E-state index contributed by atoms with van der Waals surface area (Å²) in [6.45, 7) is 12.1. The Morgan fingerprint density at radius 1 is 1.21 bits per heavy atom. The molecule has 2 aliphatic rings. The van der Waals surface area contributed by atoms with Crippen LogP contribution in [-0.2, 0) is 21.7 Å². The molecule has 5 N–H and O–H groups in total. The topological polar surface area (TPSA) is 122 Å². The smallest absolute Gasteiger partial charge is 0.332 e. The van der Waals surface area contributed by atoms with Crippen LogP contribution in [0.25, 0.3) is 0 Å². The van der Waals surface area contributed by atoms with E-state index in [-0.39, 0.29) is 5.41 Å². The van der Waals surface area contributed by atoms with E-state index in [0.29, 0.717) is 27.4 Å². The number of hydrogen-bond donors (Lipinski definition) is 3. The minimum atomic E-state index is -3.28. The fourth-order valence-electron chi connectivity index (χ4n) is 5.70. The Hall–Kier alpha value is -3.09. The first-order chi connectivity index (χ1) is 20.4. The molecule has 3 aromatic rings. The molecular weight excluding hydrogens is 586 g/mol. The number of para-hydroxylation sites is 1. The molecule has 0 radical (unpaired) electrons. The van der Waals surface area contributed by atoms with E-state index in [1.54, 1.807) is 45.2 Å². The van der Waals surface area contributed by atoms with Crippen molar-refractivity contribution in [2.45, 2.75) is 56.1 Å². The summed E-state index contributed by atoms with van der Waals surface area (Å²) < 4.78 is 29.7. The van der Waals surface area contributed by atoms with Crippen LogP contribution in [0.3, 0.4) is 0 Å². The lowest BCUT2D eigenvalue weighted by atomic mass is 9.71. The third-order valence-corrected chi connectivity index (χ3v) is 11.0. The summed E-state index contributed by atoms with van der Waals surface area (Å²) in [5, 5.41) is 11.4. The van der Waals surface area contributed by atoms with Crippen LogP contribution in [0, 0.1) is 0 Å². The molecule has 1 saturated heterocycles. The van der Waals surface area contributed by atoms with Gasteiger partial charge in [0, 0.05) is 24.6 Å². The number of halogens is 1. The first-order valence-electron chi connectivity index (χ1n) is 14.7. The number of quaternary nitrogens is 2. The normalized spacial score (nSPS) is 19.7. The average Bonchev–Trinajstić information content (AvgIpc) is 2.97. The molecule has 0 spiro atoms. The zero-order chi connectivity index (χ0) is 30.9. The SMILES string of the molecule is COc1cc2c(cc1[NH2+]c1ncc(Cl)c(Nc3ccccc3S(=O)(=[OH+])C(C)C)n1)CC/C(=N\[NH+]1CCN(C)CC1)C2(C)C. The van der Waals surface area contributed by atoms with Crippen LogP contribution < -0.4 is 20.4 Å². The molecule has 1 aromatic heterocycles. The van der Waals surface area contributed by atoms with Gasteiger partial charge in [-0.15, -0.1) is 0 Å². The van der Waals surface area contributed by atoms with Crippen LogP contribution in [0.5, 0.6) is 5.75 Å². The molecule has 1 unspecified atom stereocenters. The van der Waals surface area contributed by atoms with Gasteiger partial charge in [-0.2, -0.15) is 14.2 Å². The van der Waals surface area contributed by atoms with Gasteiger partial charge in [-0.25, -0.2) is 14.5 Å².